The van der Waals surface area contributed by atoms with E-state index in [0.717, 1.165) is 32.7 Å². The zero-order chi connectivity index (χ0) is 19.6. The number of benzene rings is 2. The maximum absolute atomic E-state index is 12.4. The van der Waals surface area contributed by atoms with Crippen LogP contribution in [0.15, 0.2) is 46.0 Å². The molecule has 1 amide bonds. The molecule has 0 fully saturated rings. The number of aromatic nitrogens is 3. The largest absolute Gasteiger partial charge is 0.325 e. The van der Waals surface area contributed by atoms with Crippen LogP contribution in [0.4, 0.5) is 5.69 Å². The molecule has 7 heteroatoms. The minimum atomic E-state index is -0.0651. The zero-order valence-corrected chi connectivity index (χ0v) is 18.1. The van der Waals surface area contributed by atoms with Crippen LogP contribution < -0.4 is 5.32 Å². The molecular weight excluding hydrogens is 424 g/mol. The highest BCUT2D eigenvalue weighted by Crippen LogP contribution is 2.27. The fourth-order valence-corrected chi connectivity index (χ4v) is 3.77. The first-order valence-electron chi connectivity index (χ1n) is 8.51. The smallest absolute Gasteiger partial charge is 0.234 e. The summed E-state index contributed by atoms with van der Waals surface area (Å²) in [6.45, 7) is 6.07. The molecule has 3 aromatic rings. The molecule has 5 nitrogen and oxygen atoms in total. The van der Waals surface area contributed by atoms with Gasteiger partial charge in [0.2, 0.25) is 5.91 Å². The van der Waals surface area contributed by atoms with Crippen LogP contribution >= 0.6 is 27.7 Å². The molecule has 2 aromatic carbocycles. The van der Waals surface area contributed by atoms with Gasteiger partial charge in [-0.3, -0.25) is 4.79 Å². The molecule has 3 rings (SSSR count). The third kappa shape index (κ3) is 4.42. The van der Waals surface area contributed by atoms with Crippen LogP contribution in [0.3, 0.4) is 0 Å². The van der Waals surface area contributed by atoms with Gasteiger partial charge in [-0.25, -0.2) is 0 Å². The molecular formula is C20H21BrN4OS. The number of aryl methyl sites for hydroxylation is 1. The molecule has 0 aliphatic rings. The topological polar surface area (TPSA) is 59.8 Å². The number of nitrogens with one attached hydrogen (secondary N) is 1. The Kier molecular flexibility index (Phi) is 6.01. The lowest BCUT2D eigenvalue weighted by molar-refractivity contribution is -0.113. The number of thioether (sulfide) groups is 1. The second-order valence-corrected chi connectivity index (χ2v) is 8.21. The van der Waals surface area contributed by atoms with Gasteiger partial charge in [0.05, 0.1) is 5.75 Å². The van der Waals surface area contributed by atoms with E-state index in [-0.39, 0.29) is 11.7 Å². The van der Waals surface area contributed by atoms with Crippen molar-refractivity contribution >= 4 is 39.3 Å². The number of hydrogen-bond donors (Lipinski definition) is 1. The number of hydrogen-bond acceptors (Lipinski definition) is 4. The summed E-state index contributed by atoms with van der Waals surface area (Å²) in [6.07, 6.45) is 0. The van der Waals surface area contributed by atoms with Gasteiger partial charge in [-0.15, -0.1) is 10.2 Å². The first kappa shape index (κ1) is 19.6. The number of anilines is 1. The molecule has 0 spiro atoms. The Morgan fingerprint density at radius 3 is 2.48 bits per heavy atom. The van der Waals surface area contributed by atoms with E-state index >= 15 is 0 Å². The van der Waals surface area contributed by atoms with Crippen LogP contribution in [-0.4, -0.2) is 26.4 Å². The Morgan fingerprint density at radius 2 is 1.78 bits per heavy atom. The lowest BCUT2D eigenvalue weighted by Gasteiger charge is -2.11. The highest BCUT2D eigenvalue weighted by Gasteiger charge is 2.14. The van der Waals surface area contributed by atoms with E-state index in [4.69, 9.17) is 0 Å². The van der Waals surface area contributed by atoms with Crippen molar-refractivity contribution in [1.29, 1.82) is 0 Å². The number of carbonyl (C=O) groups excluding carboxylic acids is 1. The molecule has 0 saturated carbocycles. The van der Waals surface area contributed by atoms with E-state index in [1.807, 2.05) is 61.9 Å². The lowest BCUT2D eigenvalue weighted by atomic mass is 10.1. The van der Waals surface area contributed by atoms with Gasteiger partial charge in [-0.05, 0) is 44.0 Å². The number of halogens is 1. The number of carbonyl (C=O) groups is 1. The Balaban J connectivity index is 1.66. The Hall–Kier alpha value is -2.12. The average Bonchev–Trinajstić information content (AvgIpc) is 3.02. The van der Waals surface area contributed by atoms with Gasteiger partial charge in [0.1, 0.15) is 0 Å². The van der Waals surface area contributed by atoms with Crippen molar-refractivity contribution in [3.05, 3.63) is 57.6 Å². The third-order valence-electron chi connectivity index (χ3n) is 4.47. The first-order chi connectivity index (χ1) is 12.9. The predicted molar refractivity (Wildman–Crippen MR) is 114 cm³/mol. The predicted octanol–water partition coefficient (Wildman–Crippen LogP) is 4.90. The summed E-state index contributed by atoms with van der Waals surface area (Å²) in [7, 11) is 1.91. The second-order valence-electron chi connectivity index (χ2n) is 6.41. The minimum absolute atomic E-state index is 0.0651. The Morgan fingerprint density at radius 1 is 1.07 bits per heavy atom. The average molecular weight is 445 g/mol. The molecule has 0 saturated heterocycles. The maximum Gasteiger partial charge on any atom is 0.234 e. The van der Waals surface area contributed by atoms with E-state index in [1.165, 1.54) is 17.3 Å². The summed E-state index contributed by atoms with van der Waals surface area (Å²) >= 11 is 4.88. The summed E-state index contributed by atoms with van der Waals surface area (Å²) in [6, 6.07) is 12.0. The van der Waals surface area contributed by atoms with Crippen LogP contribution in [0.5, 0.6) is 0 Å². The SMILES string of the molecule is Cc1ccc(-c2nnc(SCC(=O)Nc3ccc(Br)c(C)c3C)n2C)cc1. The normalized spacial score (nSPS) is 10.9. The first-order valence-corrected chi connectivity index (χ1v) is 10.3. The molecule has 0 bridgehead atoms. The molecule has 1 heterocycles. The van der Waals surface area contributed by atoms with Crippen molar-refractivity contribution in [2.75, 3.05) is 11.1 Å². The quantitative estimate of drug-likeness (QED) is 0.568. The van der Waals surface area contributed by atoms with Crippen molar-refractivity contribution in [2.45, 2.75) is 25.9 Å². The zero-order valence-electron chi connectivity index (χ0n) is 15.7. The van der Waals surface area contributed by atoms with Gasteiger partial charge in [-0.1, -0.05) is 57.5 Å². The van der Waals surface area contributed by atoms with Gasteiger partial charge in [0.15, 0.2) is 11.0 Å². The van der Waals surface area contributed by atoms with Crippen molar-refractivity contribution in [1.82, 2.24) is 14.8 Å². The van der Waals surface area contributed by atoms with E-state index in [2.05, 4.69) is 38.4 Å². The summed E-state index contributed by atoms with van der Waals surface area (Å²) < 4.78 is 2.95. The van der Waals surface area contributed by atoms with Gasteiger partial charge in [0, 0.05) is 22.8 Å². The Bertz CT molecular complexity index is 982. The van der Waals surface area contributed by atoms with Gasteiger partial charge in [-0.2, -0.15) is 0 Å². The minimum Gasteiger partial charge on any atom is -0.325 e. The fourth-order valence-electron chi connectivity index (χ4n) is 2.63. The standard InChI is InChI=1S/C20H21BrN4OS/c1-12-5-7-15(8-6-12)19-23-24-20(25(19)4)27-11-18(26)22-17-10-9-16(21)13(2)14(17)3/h5-10H,11H2,1-4H3,(H,22,26). The van der Waals surface area contributed by atoms with E-state index in [1.54, 1.807) is 0 Å². The molecule has 0 atom stereocenters. The van der Waals surface area contributed by atoms with Crippen LogP contribution in [0.2, 0.25) is 0 Å². The summed E-state index contributed by atoms with van der Waals surface area (Å²) in [5, 5.41) is 12.2. The summed E-state index contributed by atoms with van der Waals surface area (Å²) in [5.41, 5.74) is 5.22. The van der Waals surface area contributed by atoms with Crippen LogP contribution in [0.25, 0.3) is 11.4 Å². The van der Waals surface area contributed by atoms with Gasteiger partial charge >= 0.3 is 0 Å². The summed E-state index contributed by atoms with van der Waals surface area (Å²) in [4.78, 5) is 12.4. The molecule has 0 aliphatic heterocycles. The molecule has 1 aromatic heterocycles. The number of amides is 1. The fraction of sp³-hybridized carbons (Fsp3) is 0.250. The monoisotopic (exact) mass is 444 g/mol. The van der Waals surface area contributed by atoms with Gasteiger partial charge in [0.25, 0.3) is 0 Å². The highest BCUT2D eigenvalue weighted by molar-refractivity contribution is 9.10. The van der Waals surface area contributed by atoms with E-state index in [0.29, 0.717) is 5.16 Å². The van der Waals surface area contributed by atoms with Crippen molar-refractivity contribution in [3.8, 4) is 11.4 Å². The van der Waals surface area contributed by atoms with Crippen molar-refractivity contribution in [2.24, 2.45) is 7.05 Å². The molecule has 0 unspecified atom stereocenters. The second kappa shape index (κ2) is 8.27. The van der Waals surface area contributed by atoms with Crippen LogP contribution in [-0.2, 0) is 11.8 Å². The number of nitrogens with zero attached hydrogens (tertiary/aromatic N) is 3. The number of rotatable bonds is 5. The summed E-state index contributed by atoms with van der Waals surface area (Å²) in [5.74, 6) is 0.996. The third-order valence-corrected chi connectivity index (χ3v) is 6.35. The van der Waals surface area contributed by atoms with Crippen molar-refractivity contribution < 1.29 is 4.79 Å². The van der Waals surface area contributed by atoms with Crippen LogP contribution in [0.1, 0.15) is 16.7 Å². The molecule has 0 aliphatic carbocycles. The lowest BCUT2D eigenvalue weighted by Crippen LogP contribution is -2.15. The Labute approximate surface area is 171 Å². The van der Waals surface area contributed by atoms with Gasteiger partial charge < -0.3 is 9.88 Å². The molecule has 1 N–H and O–H groups in total. The molecule has 140 valence electrons. The molecule has 27 heavy (non-hydrogen) atoms. The van der Waals surface area contributed by atoms with Crippen molar-refractivity contribution in [3.63, 3.8) is 0 Å². The maximum atomic E-state index is 12.4. The molecule has 0 radical (unpaired) electrons. The van der Waals surface area contributed by atoms with E-state index in [9.17, 15) is 4.79 Å². The van der Waals surface area contributed by atoms with E-state index < -0.39 is 0 Å². The van der Waals surface area contributed by atoms with Crippen LogP contribution in [0, 0.1) is 20.8 Å². The highest BCUT2D eigenvalue weighted by atomic mass is 79.9.